The van der Waals surface area contributed by atoms with Crippen molar-refractivity contribution in [3.8, 4) is 0 Å². The van der Waals surface area contributed by atoms with Gasteiger partial charge < -0.3 is 4.74 Å². The monoisotopic (exact) mass is 518 g/mol. The van der Waals surface area contributed by atoms with Gasteiger partial charge in [0.2, 0.25) is 0 Å². The minimum absolute atomic E-state index is 0.0567. The minimum Gasteiger partial charge on any atom is -0.485 e. The Bertz CT molecular complexity index is 2110. The van der Waals surface area contributed by atoms with Crippen LogP contribution in [0.1, 0.15) is 42.4 Å². The molecule has 0 saturated heterocycles. The molecule has 2 aliphatic heterocycles. The van der Waals surface area contributed by atoms with Crippen LogP contribution < -0.4 is 21.0 Å². The molecule has 0 radical (unpaired) electrons. The largest absolute Gasteiger partial charge is 0.485 e. The summed E-state index contributed by atoms with van der Waals surface area (Å²) < 4.78 is 6.34. The van der Waals surface area contributed by atoms with Crippen LogP contribution in [0.4, 0.5) is 0 Å². The molecule has 2 unspecified atom stereocenters. The van der Waals surface area contributed by atoms with Gasteiger partial charge in [-0.25, -0.2) is 4.99 Å². The summed E-state index contributed by atoms with van der Waals surface area (Å²) in [5, 5.41) is 7.65. The summed E-state index contributed by atoms with van der Waals surface area (Å²) >= 11 is 0. The van der Waals surface area contributed by atoms with E-state index in [1.165, 1.54) is 48.4 Å². The van der Waals surface area contributed by atoms with E-state index in [0.29, 0.717) is 12.5 Å². The lowest BCUT2D eigenvalue weighted by Gasteiger charge is -2.28. The molecule has 4 aliphatic rings. The van der Waals surface area contributed by atoms with Gasteiger partial charge in [0, 0.05) is 16.7 Å². The van der Waals surface area contributed by atoms with Crippen LogP contribution in [0.2, 0.25) is 0 Å². The molecule has 8 rings (SSSR count). The van der Waals surface area contributed by atoms with E-state index in [0.717, 1.165) is 41.6 Å². The number of hydrogen-bond acceptors (Lipinski definition) is 3. The maximum atomic E-state index is 6.34. The summed E-state index contributed by atoms with van der Waals surface area (Å²) in [4.78, 5) is 10.3. The Balaban J connectivity index is 1.32. The van der Waals surface area contributed by atoms with Gasteiger partial charge in [-0.1, -0.05) is 97.9 Å². The lowest BCUT2D eigenvalue weighted by molar-refractivity contribution is 0.216. The molecule has 4 aromatic carbocycles. The van der Waals surface area contributed by atoms with Gasteiger partial charge in [0.15, 0.2) is 5.76 Å². The summed E-state index contributed by atoms with van der Waals surface area (Å²) in [7, 11) is 0. The molecular formula is C37H30N2O. The number of aliphatic imine (C=N–C) groups is 1. The van der Waals surface area contributed by atoms with Gasteiger partial charge in [-0.2, -0.15) is 0 Å². The van der Waals surface area contributed by atoms with E-state index in [-0.39, 0.29) is 6.04 Å². The van der Waals surface area contributed by atoms with Gasteiger partial charge in [-0.3, -0.25) is 4.99 Å². The second-order valence-corrected chi connectivity index (χ2v) is 11.2. The highest BCUT2D eigenvalue weighted by atomic mass is 16.5. The second kappa shape index (κ2) is 9.31. The fourth-order valence-corrected chi connectivity index (χ4v) is 7.06. The Kier molecular flexibility index (Phi) is 5.44. The Morgan fingerprint density at radius 1 is 0.775 bits per heavy atom. The zero-order valence-corrected chi connectivity index (χ0v) is 22.6. The Hall–Kier alpha value is -4.50. The van der Waals surface area contributed by atoms with Crippen LogP contribution in [-0.4, -0.2) is 12.3 Å². The SMILES string of the molecule is CC1C=c2ccccc2=c2ccc3c(c21)CCCC=3C1N=CC(OCc2ccccc2)=C2N=c3ccccc3=C21. The predicted octanol–water partition coefficient (Wildman–Crippen LogP) is 4.72. The zero-order chi connectivity index (χ0) is 26.6. The molecule has 2 heterocycles. The predicted molar refractivity (Wildman–Crippen MR) is 160 cm³/mol. The number of allylic oxidation sites excluding steroid dienone is 1. The first-order chi connectivity index (χ1) is 19.8. The maximum Gasteiger partial charge on any atom is 0.163 e. The molecule has 40 heavy (non-hydrogen) atoms. The molecule has 194 valence electrons. The van der Waals surface area contributed by atoms with E-state index in [9.17, 15) is 0 Å². The number of nitrogens with zero attached hydrogens (tertiary/aromatic N) is 2. The average Bonchev–Trinajstić information content (AvgIpc) is 3.40. The summed E-state index contributed by atoms with van der Waals surface area (Å²) in [6, 6.07) is 32.2. The van der Waals surface area contributed by atoms with Crippen LogP contribution in [0.25, 0.3) is 17.2 Å². The fraction of sp³-hybridized carbons (Fsp3) is 0.189. The van der Waals surface area contributed by atoms with E-state index in [4.69, 9.17) is 14.7 Å². The van der Waals surface area contributed by atoms with Crippen molar-refractivity contribution in [2.75, 3.05) is 0 Å². The first-order valence-corrected chi connectivity index (χ1v) is 14.3. The van der Waals surface area contributed by atoms with Gasteiger partial charge in [-0.05, 0) is 68.5 Å². The summed E-state index contributed by atoms with van der Waals surface area (Å²) in [6.07, 6.45) is 7.66. The van der Waals surface area contributed by atoms with Gasteiger partial charge in [0.1, 0.15) is 12.3 Å². The third-order valence-corrected chi connectivity index (χ3v) is 8.81. The van der Waals surface area contributed by atoms with Crippen molar-refractivity contribution in [1.29, 1.82) is 0 Å². The molecule has 0 bridgehead atoms. The number of hydrogen-bond donors (Lipinski definition) is 0. The van der Waals surface area contributed by atoms with Gasteiger partial charge in [0.25, 0.3) is 0 Å². The van der Waals surface area contributed by atoms with E-state index in [2.05, 4.69) is 85.8 Å². The van der Waals surface area contributed by atoms with Crippen LogP contribution in [0.15, 0.2) is 112 Å². The molecule has 0 amide bonds. The van der Waals surface area contributed by atoms with E-state index >= 15 is 0 Å². The van der Waals surface area contributed by atoms with Crippen molar-refractivity contribution in [1.82, 2.24) is 0 Å². The molecule has 4 aromatic rings. The molecule has 2 aliphatic carbocycles. The van der Waals surface area contributed by atoms with E-state index < -0.39 is 0 Å². The molecule has 3 heteroatoms. The average molecular weight is 519 g/mol. The normalized spacial score (nSPS) is 20.0. The Morgan fingerprint density at radius 3 is 2.45 bits per heavy atom. The zero-order valence-electron chi connectivity index (χ0n) is 22.6. The molecule has 0 N–H and O–H groups in total. The van der Waals surface area contributed by atoms with E-state index in [1.807, 2.05) is 24.4 Å². The second-order valence-electron chi connectivity index (χ2n) is 11.2. The van der Waals surface area contributed by atoms with E-state index in [1.54, 1.807) is 0 Å². The molecular weight excluding hydrogens is 488 g/mol. The van der Waals surface area contributed by atoms with Crippen molar-refractivity contribution in [2.24, 2.45) is 9.98 Å². The minimum atomic E-state index is -0.0567. The lowest BCUT2D eigenvalue weighted by atomic mass is 9.79. The molecule has 0 saturated carbocycles. The number of ether oxygens (including phenoxy) is 1. The number of dihydropyridines is 1. The Morgan fingerprint density at radius 2 is 1.55 bits per heavy atom. The number of rotatable bonds is 4. The van der Waals surface area contributed by atoms with Gasteiger partial charge in [-0.15, -0.1) is 0 Å². The highest BCUT2D eigenvalue weighted by Gasteiger charge is 2.33. The van der Waals surface area contributed by atoms with Crippen LogP contribution in [0.3, 0.4) is 0 Å². The first kappa shape index (κ1) is 23.4. The quantitative estimate of drug-likeness (QED) is 0.385. The molecule has 0 fully saturated rings. The van der Waals surface area contributed by atoms with Gasteiger partial charge >= 0.3 is 0 Å². The molecule has 0 spiro atoms. The van der Waals surface area contributed by atoms with Crippen LogP contribution in [-0.2, 0) is 17.8 Å². The molecule has 3 nitrogen and oxygen atoms in total. The first-order valence-electron chi connectivity index (χ1n) is 14.3. The Labute approximate surface area is 233 Å². The van der Waals surface area contributed by atoms with Gasteiger partial charge in [0.05, 0.1) is 17.6 Å². The third kappa shape index (κ3) is 3.65. The maximum absolute atomic E-state index is 6.34. The van der Waals surface area contributed by atoms with Crippen molar-refractivity contribution in [3.63, 3.8) is 0 Å². The summed E-state index contributed by atoms with van der Waals surface area (Å²) in [5.74, 6) is 1.14. The third-order valence-electron chi connectivity index (χ3n) is 8.81. The number of para-hydroxylation sites is 1. The highest BCUT2D eigenvalue weighted by molar-refractivity contribution is 5.93. The standard InChI is InChI=1S/C37H30N2O/c1-23-20-25-12-5-6-13-26(25)29-19-18-27-28(34(23)29)15-9-16-30(27)36-35-31-14-7-8-17-32(31)39-37(35)33(21-38-36)40-22-24-10-3-2-4-11-24/h2-8,10-14,17-21,23,36H,9,15-16,22H2,1H3. The number of benzene rings is 4. The molecule has 0 aromatic heterocycles. The smallest absolute Gasteiger partial charge is 0.163 e. The van der Waals surface area contributed by atoms with Crippen molar-refractivity contribution >= 4 is 23.4 Å². The lowest BCUT2D eigenvalue weighted by Crippen LogP contribution is -2.32. The van der Waals surface area contributed by atoms with Crippen LogP contribution >= 0.6 is 0 Å². The van der Waals surface area contributed by atoms with Crippen LogP contribution in [0.5, 0.6) is 0 Å². The fourth-order valence-electron chi connectivity index (χ4n) is 7.06. The van der Waals surface area contributed by atoms with Crippen molar-refractivity contribution in [3.05, 3.63) is 151 Å². The van der Waals surface area contributed by atoms with Crippen LogP contribution in [0, 0.1) is 10.4 Å². The highest BCUT2D eigenvalue weighted by Crippen LogP contribution is 2.36. The summed E-state index contributed by atoms with van der Waals surface area (Å²) in [6.45, 7) is 2.84. The topological polar surface area (TPSA) is 34.0 Å². The number of fused-ring (bicyclic) bond motifs is 6. The summed E-state index contributed by atoms with van der Waals surface area (Å²) in [5.41, 5.74) is 7.67. The van der Waals surface area contributed by atoms with Crippen molar-refractivity contribution < 1.29 is 4.74 Å². The molecule has 2 atom stereocenters. The van der Waals surface area contributed by atoms with Crippen molar-refractivity contribution in [2.45, 2.75) is 44.8 Å².